The molecule has 1 saturated heterocycles. The second-order valence-corrected chi connectivity index (χ2v) is 6.77. The molecule has 1 fully saturated rings. The van der Waals surface area contributed by atoms with Crippen molar-refractivity contribution in [3.63, 3.8) is 0 Å². The molecule has 120 valence electrons. The van der Waals surface area contributed by atoms with Crippen LogP contribution >= 0.6 is 27.5 Å². The van der Waals surface area contributed by atoms with E-state index in [0.29, 0.717) is 24.4 Å². The zero-order valence-electron chi connectivity index (χ0n) is 11.8. The molecule has 5 nitrogen and oxygen atoms in total. The van der Waals surface area contributed by atoms with Crippen LogP contribution in [0.25, 0.3) is 0 Å². The third kappa shape index (κ3) is 2.35. The van der Waals surface area contributed by atoms with Crippen molar-refractivity contribution in [1.82, 2.24) is 10.3 Å². The maximum atomic E-state index is 14.3. The highest BCUT2D eigenvalue weighted by molar-refractivity contribution is 9.10. The lowest BCUT2D eigenvalue weighted by Crippen LogP contribution is -2.56. The topological polar surface area (TPSA) is 69.4 Å². The predicted octanol–water partition coefficient (Wildman–Crippen LogP) is 2.89. The van der Waals surface area contributed by atoms with Crippen molar-refractivity contribution >= 4 is 27.5 Å². The summed E-state index contributed by atoms with van der Waals surface area (Å²) >= 11 is 9.41. The van der Waals surface area contributed by atoms with Crippen LogP contribution in [0.15, 0.2) is 28.7 Å². The Morgan fingerprint density at radius 1 is 1.39 bits per heavy atom. The van der Waals surface area contributed by atoms with Crippen LogP contribution in [0.1, 0.15) is 11.1 Å². The Hall–Kier alpha value is -1.25. The van der Waals surface area contributed by atoms with E-state index >= 15 is 0 Å². The molecule has 2 aliphatic rings. The zero-order valence-corrected chi connectivity index (χ0v) is 14.1. The Kier molecular flexibility index (Phi) is 3.58. The number of aromatic nitrogens is 1. The minimum atomic E-state index is -0.988. The standard InChI is InChI=1S/C15H12BrClFN3O2/c16-7-1-2-10-8(3-7)15(6-20-5-12(19)23-15)9-4-11(17)21-14(18)13(9)22-10/h1-4,12,20H,5-6,19H2/t12-,15?/m0/s1. The van der Waals surface area contributed by atoms with Gasteiger partial charge in [-0.15, -0.1) is 0 Å². The van der Waals surface area contributed by atoms with Gasteiger partial charge in [-0.3, -0.25) is 0 Å². The first-order chi connectivity index (χ1) is 11.0. The number of hydrogen-bond donors (Lipinski definition) is 2. The average molecular weight is 401 g/mol. The van der Waals surface area contributed by atoms with E-state index in [1.165, 1.54) is 0 Å². The Morgan fingerprint density at radius 3 is 3.00 bits per heavy atom. The van der Waals surface area contributed by atoms with E-state index < -0.39 is 17.8 Å². The molecule has 2 aromatic rings. The molecule has 3 heterocycles. The number of nitrogens with one attached hydrogen (secondary N) is 1. The minimum absolute atomic E-state index is 0.0140. The Morgan fingerprint density at radius 2 is 2.22 bits per heavy atom. The van der Waals surface area contributed by atoms with Crippen LogP contribution in [-0.2, 0) is 10.3 Å². The van der Waals surface area contributed by atoms with Gasteiger partial charge in [-0.1, -0.05) is 27.5 Å². The van der Waals surface area contributed by atoms with Crippen LogP contribution in [0.2, 0.25) is 5.15 Å². The van der Waals surface area contributed by atoms with E-state index in [2.05, 4.69) is 26.2 Å². The van der Waals surface area contributed by atoms with E-state index in [9.17, 15) is 4.39 Å². The molecule has 2 atom stereocenters. The summed E-state index contributed by atoms with van der Waals surface area (Å²) in [6.45, 7) is 0.920. The van der Waals surface area contributed by atoms with Crippen LogP contribution in [0.4, 0.5) is 4.39 Å². The number of morpholine rings is 1. The van der Waals surface area contributed by atoms with Crippen LogP contribution in [0, 0.1) is 5.95 Å². The van der Waals surface area contributed by atoms with Crippen molar-refractivity contribution in [2.75, 3.05) is 13.1 Å². The minimum Gasteiger partial charge on any atom is -0.452 e. The fourth-order valence-electron chi connectivity index (χ4n) is 3.08. The quantitative estimate of drug-likeness (QED) is 0.666. The van der Waals surface area contributed by atoms with Gasteiger partial charge in [0.2, 0.25) is 0 Å². The molecule has 1 spiro atoms. The van der Waals surface area contributed by atoms with E-state index in [1.807, 2.05) is 12.1 Å². The molecule has 23 heavy (non-hydrogen) atoms. The molecule has 8 heteroatoms. The summed E-state index contributed by atoms with van der Waals surface area (Å²) in [6, 6.07) is 7.00. The third-order valence-electron chi connectivity index (χ3n) is 4.00. The van der Waals surface area contributed by atoms with Gasteiger partial charge >= 0.3 is 0 Å². The SMILES string of the molecule is N[C@@H]1CNCC2(O1)c1cc(Br)ccc1Oc1c2cc(Cl)nc1F. The number of benzene rings is 1. The Labute approximate surface area is 145 Å². The van der Waals surface area contributed by atoms with E-state index in [4.69, 9.17) is 26.8 Å². The number of nitrogens with zero attached hydrogens (tertiary/aromatic N) is 1. The summed E-state index contributed by atoms with van der Waals surface area (Å²) in [6.07, 6.45) is -0.545. The second-order valence-electron chi connectivity index (χ2n) is 5.47. The van der Waals surface area contributed by atoms with Crippen molar-refractivity contribution < 1.29 is 13.9 Å². The monoisotopic (exact) mass is 399 g/mol. The summed E-state index contributed by atoms with van der Waals surface area (Å²) in [5.74, 6) is -0.261. The summed E-state index contributed by atoms with van der Waals surface area (Å²) in [5.41, 5.74) is 6.23. The lowest BCUT2D eigenvalue weighted by molar-refractivity contribution is -0.0974. The van der Waals surface area contributed by atoms with Gasteiger partial charge in [-0.05, 0) is 24.3 Å². The molecule has 1 aromatic carbocycles. The summed E-state index contributed by atoms with van der Waals surface area (Å²) in [4.78, 5) is 3.63. The molecule has 4 rings (SSSR count). The summed E-state index contributed by atoms with van der Waals surface area (Å²) in [5, 5.41) is 3.26. The van der Waals surface area contributed by atoms with Crippen molar-refractivity contribution in [3.05, 3.63) is 51.0 Å². The maximum Gasteiger partial charge on any atom is 0.257 e. The largest absolute Gasteiger partial charge is 0.452 e. The van der Waals surface area contributed by atoms with Gasteiger partial charge < -0.3 is 20.5 Å². The molecule has 1 unspecified atom stereocenters. The fraction of sp³-hybridized carbons (Fsp3) is 0.267. The van der Waals surface area contributed by atoms with Crippen molar-refractivity contribution in [1.29, 1.82) is 0 Å². The van der Waals surface area contributed by atoms with Gasteiger partial charge in [0, 0.05) is 28.7 Å². The number of hydrogen-bond acceptors (Lipinski definition) is 5. The molecule has 0 saturated carbocycles. The van der Waals surface area contributed by atoms with Gasteiger partial charge in [0.05, 0.1) is 0 Å². The predicted molar refractivity (Wildman–Crippen MR) is 86.1 cm³/mol. The normalized spacial score (nSPS) is 25.7. The first-order valence-corrected chi connectivity index (χ1v) is 8.15. The highest BCUT2D eigenvalue weighted by atomic mass is 79.9. The highest BCUT2D eigenvalue weighted by Gasteiger charge is 2.48. The number of ether oxygens (including phenoxy) is 2. The molecule has 0 bridgehead atoms. The molecular weight excluding hydrogens is 389 g/mol. The Balaban J connectivity index is 2.02. The van der Waals surface area contributed by atoms with Crippen molar-refractivity contribution in [2.45, 2.75) is 11.8 Å². The lowest BCUT2D eigenvalue weighted by atomic mass is 9.82. The fourth-order valence-corrected chi connectivity index (χ4v) is 3.63. The maximum absolute atomic E-state index is 14.3. The van der Waals surface area contributed by atoms with E-state index in [0.717, 1.165) is 10.0 Å². The number of rotatable bonds is 0. The first kappa shape index (κ1) is 15.3. The van der Waals surface area contributed by atoms with Gasteiger partial charge in [-0.2, -0.15) is 4.39 Å². The number of halogens is 3. The molecular formula is C15H12BrClFN3O2. The van der Waals surface area contributed by atoms with Crippen LogP contribution in [-0.4, -0.2) is 24.3 Å². The van der Waals surface area contributed by atoms with Gasteiger partial charge in [0.15, 0.2) is 5.75 Å². The second kappa shape index (κ2) is 5.39. The van der Waals surface area contributed by atoms with Crippen LogP contribution in [0.3, 0.4) is 0 Å². The van der Waals surface area contributed by atoms with Crippen LogP contribution in [0.5, 0.6) is 11.5 Å². The molecule has 0 aliphatic carbocycles. The van der Waals surface area contributed by atoms with E-state index in [1.54, 1.807) is 12.1 Å². The molecule has 0 radical (unpaired) electrons. The van der Waals surface area contributed by atoms with Crippen molar-refractivity contribution in [2.24, 2.45) is 5.73 Å². The Bertz CT molecular complexity index is 807. The van der Waals surface area contributed by atoms with Gasteiger partial charge in [0.1, 0.15) is 22.7 Å². The lowest BCUT2D eigenvalue weighted by Gasteiger charge is -2.44. The number of nitrogens with two attached hydrogens (primary N) is 1. The highest BCUT2D eigenvalue weighted by Crippen LogP contribution is 2.51. The number of pyridine rings is 1. The van der Waals surface area contributed by atoms with Crippen molar-refractivity contribution in [3.8, 4) is 11.5 Å². The molecule has 1 aromatic heterocycles. The average Bonchev–Trinajstić information content (AvgIpc) is 2.50. The zero-order chi connectivity index (χ0) is 16.2. The van der Waals surface area contributed by atoms with E-state index in [-0.39, 0.29) is 10.9 Å². The number of fused-ring (bicyclic) bond motifs is 4. The molecule has 3 N–H and O–H groups in total. The summed E-state index contributed by atoms with van der Waals surface area (Å²) < 4.78 is 27.0. The molecule has 2 aliphatic heterocycles. The third-order valence-corrected chi connectivity index (χ3v) is 4.68. The first-order valence-electron chi connectivity index (χ1n) is 6.98. The smallest absolute Gasteiger partial charge is 0.257 e. The summed E-state index contributed by atoms with van der Waals surface area (Å²) in [7, 11) is 0. The molecule has 0 amide bonds. The van der Waals surface area contributed by atoms with Gasteiger partial charge in [-0.25, -0.2) is 4.98 Å². The van der Waals surface area contributed by atoms with Gasteiger partial charge in [0.25, 0.3) is 5.95 Å². The van der Waals surface area contributed by atoms with Crippen LogP contribution < -0.4 is 15.8 Å².